The Bertz CT molecular complexity index is 140. The highest BCUT2D eigenvalue weighted by Gasteiger charge is 2.55. The third-order valence-corrected chi connectivity index (χ3v) is 2.49. The van der Waals surface area contributed by atoms with Crippen LogP contribution in [0.5, 0.6) is 0 Å². The summed E-state index contributed by atoms with van der Waals surface area (Å²) in [6.45, 7) is 2.06. The molecule has 0 aromatic heterocycles. The topological polar surface area (TPSA) is 29.5 Å². The molecule has 0 aromatic rings. The molecule has 0 aliphatic heterocycles. The smallest absolute Gasteiger partial charge is 0.134 e. The number of aliphatic hydroxyl groups excluding tert-OH is 1. The summed E-state index contributed by atoms with van der Waals surface area (Å²) in [7, 11) is 1.49. The van der Waals surface area contributed by atoms with Crippen molar-refractivity contribution in [2.45, 2.75) is 44.6 Å². The second-order valence-electron chi connectivity index (χ2n) is 3.43. The van der Waals surface area contributed by atoms with E-state index in [0.29, 0.717) is 6.42 Å². The van der Waals surface area contributed by atoms with Crippen LogP contribution in [0.4, 0.5) is 4.39 Å². The average molecular weight is 176 g/mol. The van der Waals surface area contributed by atoms with Gasteiger partial charge in [0, 0.05) is 13.0 Å². The van der Waals surface area contributed by atoms with Gasteiger partial charge in [0.1, 0.15) is 6.17 Å². The standard InChI is InChI=1S/C9H17FO2/c1-3-4-5-6(11)7-8(10)9(7)12-2/h6-9,11H,3-5H2,1-2H3/t6-,7-,8-,9+/m0/s1. The Balaban J connectivity index is 2.21. The SMILES string of the molecule is CCCC[C@H](O)[C@H]1[C@H](F)[C@@H]1OC. The largest absolute Gasteiger partial charge is 0.393 e. The summed E-state index contributed by atoms with van der Waals surface area (Å²) in [5.41, 5.74) is 0. The number of ether oxygens (including phenoxy) is 1. The first-order valence-electron chi connectivity index (χ1n) is 4.57. The first kappa shape index (κ1) is 9.93. The van der Waals surface area contributed by atoms with E-state index in [1.807, 2.05) is 0 Å². The van der Waals surface area contributed by atoms with E-state index < -0.39 is 12.3 Å². The van der Waals surface area contributed by atoms with Gasteiger partial charge in [-0.15, -0.1) is 0 Å². The van der Waals surface area contributed by atoms with Crippen LogP contribution in [0.25, 0.3) is 0 Å². The maximum Gasteiger partial charge on any atom is 0.134 e. The van der Waals surface area contributed by atoms with Crippen LogP contribution >= 0.6 is 0 Å². The van der Waals surface area contributed by atoms with Crippen molar-refractivity contribution < 1.29 is 14.2 Å². The summed E-state index contributed by atoms with van der Waals surface area (Å²) in [5, 5.41) is 9.47. The summed E-state index contributed by atoms with van der Waals surface area (Å²) in [6.07, 6.45) is 0.893. The van der Waals surface area contributed by atoms with Gasteiger partial charge in [0.05, 0.1) is 12.2 Å². The van der Waals surface area contributed by atoms with Gasteiger partial charge in [0.25, 0.3) is 0 Å². The van der Waals surface area contributed by atoms with Gasteiger partial charge in [-0.3, -0.25) is 0 Å². The molecular weight excluding hydrogens is 159 g/mol. The van der Waals surface area contributed by atoms with Gasteiger partial charge in [-0.1, -0.05) is 19.8 Å². The van der Waals surface area contributed by atoms with E-state index in [2.05, 4.69) is 6.92 Å². The fraction of sp³-hybridized carbons (Fsp3) is 1.00. The fourth-order valence-corrected chi connectivity index (χ4v) is 1.59. The number of rotatable bonds is 5. The lowest BCUT2D eigenvalue weighted by atomic mass is 10.1. The van der Waals surface area contributed by atoms with Crippen molar-refractivity contribution in [2.24, 2.45) is 5.92 Å². The molecule has 0 amide bonds. The Morgan fingerprint density at radius 2 is 2.25 bits per heavy atom. The molecule has 2 nitrogen and oxygen atoms in total. The third kappa shape index (κ3) is 1.96. The van der Waals surface area contributed by atoms with Gasteiger partial charge in [-0.05, 0) is 6.42 Å². The second kappa shape index (κ2) is 4.19. The van der Waals surface area contributed by atoms with Crippen LogP contribution in [0.3, 0.4) is 0 Å². The minimum Gasteiger partial charge on any atom is -0.393 e. The molecule has 0 aromatic carbocycles. The zero-order valence-electron chi connectivity index (χ0n) is 7.66. The molecule has 1 rings (SSSR count). The predicted octanol–water partition coefficient (Wildman–Crippen LogP) is 1.52. The Labute approximate surface area is 72.7 Å². The predicted molar refractivity (Wildman–Crippen MR) is 44.7 cm³/mol. The van der Waals surface area contributed by atoms with Crippen LogP contribution in [0.15, 0.2) is 0 Å². The molecule has 0 saturated heterocycles. The van der Waals surface area contributed by atoms with Crippen LogP contribution in [0.1, 0.15) is 26.2 Å². The monoisotopic (exact) mass is 176 g/mol. The maximum atomic E-state index is 12.8. The highest BCUT2D eigenvalue weighted by molar-refractivity contribution is 5.03. The number of alkyl halides is 1. The van der Waals surface area contributed by atoms with Gasteiger partial charge >= 0.3 is 0 Å². The molecule has 0 spiro atoms. The van der Waals surface area contributed by atoms with E-state index in [-0.39, 0.29) is 12.0 Å². The number of unbranched alkanes of at least 4 members (excludes halogenated alkanes) is 1. The van der Waals surface area contributed by atoms with E-state index in [9.17, 15) is 9.50 Å². The van der Waals surface area contributed by atoms with Gasteiger partial charge in [-0.25, -0.2) is 4.39 Å². The molecule has 72 valence electrons. The van der Waals surface area contributed by atoms with E-state index in [4.69, 9.17) is 4.74 Å². The van der Waals surface area contributed by atoms with Crippen LogP contribution in [-0.4, -0.2) is 30.6 Å². The molecule has 0 unspecified atom stereocenters. The van der Waals surface area contributed by atoms with Crippen molar-refractivity contribution in [3.8, 4) is 0 Å². The van der Waals surface area contributed by atoms with Crippen molar-refractivity contribution >= 4 is 0 Å². The molecule has 1 fully saturated rings. The van der Waals surface area contributed by atoms with Gasteiger partial charge in [0.2, 0.25) is 0 Å². The second-order valence-corrected chi connectivity index (χ2v) is 3.43. The molecule has 0 radical (unpaired) electrons. The van der Waals surface area contributed by atoms with Gasteiger partial charge in [0.15, 0.2) is 0 Å². The maximum absolute atomic E-state index is 12.8. The number of hydrogen-bond donors (Lipinski definition) is 1. The van der Waals surface area contributed by atoms with E-state index in [1.54, 1.807) is 0 Å². The number of aliphatic hydroxyl groups is 1. The third-order valence-electron chi connectivity index (χ3n) is 2.49. The summed E-state index contributed by atoms with van der Waals surface area (Å²) in [6, 6.07) is 0. The first-order chi connectivity index (χ1) is 5.72. The lowest BCUT2D eigenvalue weighted by molar-refractivity contribution is 0.0941. The molecule has 4 atom stereocenters. The van der Waals surface area contributed by atoms with Crippen LogP contribution < -0.4 is 0 Å². The Hall–Kier alpha value is -0.150. The average Bonchev–Trinajstić information content (AvgIpc) is 2.72. The molecule has 1 saturated carbocycles. The molecule has 1 aliphatic rings. The summed E-state index contributed by atoms with van der Waals surface area (Å²) >= 11 is 0. The van der Waals surface area contributed by atoms with E-state index in [1.165, 1.54) is 7.11 Å². The summed E-state index contributed by atoms with van der Waals surface area (Å²) in [4.78, 5) is 0. The normalized spacial score (nSPS) is 36.5. The van der Waals surface area contributed by atoms with Crippen molar-refractivity contribution in [3.63, 3.8) is 0 Å². The molecule has 12 heavy (non-hydrogen) atoms. The molecule has 0 heterocycles. The molecule has 1 N–H and O–H groups in total. The molecule has 3 heteroatoms. The zero-order chi connectivity index (χ0) is 9.14. The van der Waals surface area contributed by atoms with Crippen molar-refractivity contribution in [3.05, 3.63) is 0 Å². The van der Waals surface area contributed by atoms with Gasteiger partial charge in [-0.2, -0.15) is 0 Å². The molecule has 1 aliphatic carbocycles. The van der Waals surface area contributed by atoms with Gasteiger partial charge < -0.3 is 9.84 Å². The van der Waals surface area contributed by atoms with E-state index in [0.717, 1.165) is 12.8 Å². The van der Waals surface area contributed by atoms with Crippen LogP contribution in [0.2, 0.25) is 0 Å². The minimum absolute atomic E-state index is 0.262. The Kier molecular flexibility index (Phi) is 3.47. The highest BCUT2D eigenvalue weighted by atomic mass is 19.1. The van der Waals surface area contributed by atoms with Crippen LogP contribution in [-0.2, 0) is 4.74 Å². The Morgan fingerprint density at radius 3 is 2.67 bits per heavy atom. The minimum atomic E-state index is -0.943. The summed E-state index contributed by atoms with van der Waals surface area (Å²) in [5.74, 6) is -0.262. The highest BCUT2D eigenvalue weighted by Crippen LogP contribution is 2.41. The first-order valence-corrected chi connectivity index (χ1v) is 4.57. The lowest BCUT2D eigenvalue weighted by Crippen LogP contribution is -2.12. The zero-order valence-corrected chi connectivity index (χ0v) is 7.66. The fourth-order valence-electron chi connectivity index (χ4n) is 1.59. The number of hydrogen-bond acceptors (Lipinski definition) is 2. The molecule has 0 bridgehead atoms. The lowest BCUT2D eigenvalue weighted by Gasteiger charge is -2.07. The van der Waals surface area contributed by atoms with Crippen LogP contribution in [0, 0.1) is 5.92 Å². The number of methoxy groups -OCH3 is 1. The van der Waals surface area contributed by atoms with E-state index >= 15 is 0 Å². The molecular formula is C9H17FO2. The Morgan fingerprint density at radius 1 is 1.58 bits per heavy atom. The van der Waals surface area contributed by atoms with Crippen molar-refractivity contribution in [1.29, 1.82) is 0 Å². The quantitative estimate of drug-likeness (QED) is 0.688. The van der Waals surface area contributed by atoms with Crippen molar-refractivity contribution in [2.75, 3.05) is 7.11 Å². The summed E-state index contributed by atoms with van der Waals surface area (Å²) < 4.78 is 17.7. The van der Waals surface area contributed by atoms with Crippen molar-refractivity contribution in [1.82, 2.24) is 0 Å². The number of halogens is 1.